The summed E-state index contributed by atoms with van der Waals surface area (Å²) in [5.74, 6) is 0.825. The van der Waals surface area contributed by atoms with Crippen LogP contribution in [0.4, 0.5) is 5.69 Å². The summed E-state index contributed by atoms with van der Waals surface area (Å²) >= 11 is 1.68. The molecule has 0 saturated carbocycles. The van der Waals surface area contributed by atoms with E-state index in [1.807, 2.05) is 24.3 Å². The maximum Gasteiger partial charge on any atom is 0.166 e. The van der Waals surface area contributed by atoms with Gasteiger partial charge in [-0.3, -0.25) is 0 Å². The molecular formula is C15H15N3S. The summed E-state index contributed by atoms with van der Waals surface area (Å²) in [5.41, 5.74) is 11.2. The van der Waals surface area contributed by atoms with Crippen molar-refractivity contribution in [3.05, 3.63) is 53.6 Å². The number of thioether (sulfide) groups is 1. The first-order valence-corrected chi connectivity index (χ1v) is 7.14. The average molecular weight is 269 g/mol. The van der Waals surface area contributed by atoms with Crippen LogP contribution >= 0.6 is 11.8 Å². The fourth-order valence-corrected chi connectivity index (χ4v) is 2.93. The van der Waals surface area contributed by atoms with Gasteiger partial charge in [-0.2, -0.15) is 0 Å². The predicted molar refractivity (Wildman–Crippen MR) is 81.2 cm³/mol. The predicted octanol–water partition coefficient (Wildman–Crippen LogP) is 3.75. The monoisotopic (exact) mass is 269 g/mol. The lowest BCUT2D eigenvalue weighted by Crippen LogP contribution is -1.91. The summed E-state index contributed by atoms with van der Waals surface area (Å²) in [7, 11) is 0. The van der Waals surface area contributed by atoms with Crippen molar-refractivity contribution in [1.82, 2.24) is 9.97 Å². The molecule has 0 unspecified atom stereocenters. The van der Waals surface area contributed by atoms with Gasteiger partial charge in [-0.15, -0.1) is 0 Å². The Morgan fingerprint density at radius 3 is 2.79 bits per heavy atom. The molecule has 3 N–H and O–H groups in total. The van der Waals surface area contributed by atoms with Gasteiger partial charge in [-0.05, 0) is 30.2 Å². The van der Waals surface area contributed by atoms with Crippen molar-refractivity contribution in [2.45, 2.75) is 17.8 Å². The normalized spacial score (nSPS) is 11.0. The SMILES string of the molecule is Cc1cccc2[nH]c(SCc3ccccc3N)nc12. The third kappa shape index (κ3) is 2.44. The third-order valence-corrected chi connectivity index (χ3v) is 4.03. The van der Waals surface area contributed by atoms with Crippen molar-refractivity contribution in [2.24, 2.45) is 0 Å². The summed E-state index contributed by atoms with van der Waals surface area (Å²) in [6, 6.07) is 14.1. The number of benzene rings is 2. The van der Waals surface area contributed by atoms with Crippen molar-refractivity contribution in [1.29, 1.82) is 0 Å². The second kappa shape index (κ2) is 4.97. The Labute approximate surface area is 116 Å². The third-order valence-electron chi connectivity index (χ3n) is 3.11. The number of aromatic nitrogens is 2. The number of nitrogens with two attached hydrogens (primary N) is 1. The Kier molecular flexibility index (Phi) is 3.17. The van der Waals surface area contributed by atoms with Crippen LogP contribution in [-0.4, -0.2) is 9.97 Å². The number of aryl methyl sites for hydroxylation is 1. The van der Waals surface area contributed by atoms with Crippen molar-refractivity contribution < 1.29 is 0 Å². The van der Waals surface area contributed by atoms with Crippen LogP contribution in [0, 0.1) is 6.92 Å². The van der Waals surface area contributed by atoms with E-state index in [2.05, 4.69) is 35.1 Å². The smallest absolute Gasteiger partial charge is 0.166 e. The lowest BCUT2D eigenvalue weighted by atomic mass is 10.2. The molecule has 96 valence electrons. The first kappa shape index (κ1) is 12.1. The largest absolute Gasteiger partial charge is 0.398 e. The number of H-pyrrole nitrogens is 1. The van der Waals surface area contributed by atoms with Gasteiger partial charge >= 0.3 is 0 Å². The molecule has 0 amide bonds. The highest BCUT2D eigenvalue weighted by Gasteiger charge is 2.06. The Bertz CT molecular complexity index is 718. The topological polar surface area (TPSA) is 54.7 Å². The number of hydrogen-bond acceptors (Lipinski definition) is 3. The number of para-hydroxylation sites is 2. The minimum Gasteiger partial charge on any atom is -0.398 e. The maximum absolute atomic E-state index is 5.94. The molecule has 0 spiro atoms. The number of hydrogen-bond donors (Lipinski definition) is 2. The van der Waals surface area contributed by atoms with Crippen molar-refractivity contribution >= 4 is 28.5 Å². The molecule has 0 fully saturated rings. The van der Waals surface area contributed by atoms with Crippen LogP contribution in [0.15, 0.2) is 47.6 Å². The summed E-state index contributed by atoms with van der Waals surface area (Å²) in [6.45, 7) is 2.08. The lowest BCUT2D eigenvalue weighted by Gasteiger charge is -2.02. The fraction of sp³-hybridized carbons (Fsp3) is 0.133. The Morgan fingerprint density at radius 1 is 1.16 bits per heavy atom. The lowest BCUT2D eigenvalue weighted by molar-refractivity contribution is 1.08. The van der Waals surface area contributed by atoms with Crippen molar-refractivity contribution in [2.75, 3.05) is 5.73 Å². The molecule has 3 aromatic rings. The molecular weight excluding hydrogens is 254 g/mol. The summed E-state index contributed by atoms with van der Waals surface area (Å²) in [5, 5.41) is 0.938. The number of aromatic amines is 1. The molecule has 0 aliphatic rings. The van der Waals surface area contributed by atoms with Crippen LogP contribution in [-0.2, 0) is 5.75 Å². The number of nitrogen functional groups attached to an aromatic ring is 1. The van der Waals surface area contributed by atoms with Crippen LogP contribution in [0.25, 0.3) is 11.0 Å². The minimum absolute atomic E-state index is 0.825. The molecule has 3 rings (SSSR count). The first-order valence-electron chi connectivity index (χ1n) is 6.15. The van der Waals surface area contributed by atoms with Crippen LogP contribution < -0.4 is 5.73 Å². The highest BCUT2D eigenvalue weighted by atomic mass is 32.2. The molecule has 0 bridgehead atoms. The number of nitrogens with zero attached hydrogens (tertiary/aromatic N) is 1. The van der Waals surface area contributed by atoms with Crippen LogP contribution in [0.1, 0.15) is 11.1 Å². The highest BCUT2D eigenvalue weighted by molar-refractivity contribution is 7.98. The first-order chi connectivity index (χ1) is 9.24. The van der Waals surface area contributed by atoms with E-state index >= 15 is 0 Å². The van der Waals surface area contributed by atoms with Gasteiger partial charge in [0.05, 0.1) is 11.0 Å². The summed E-state index contributed by atoms with van der Waals surface area (Å²) in [6.07, 6.45) is 0. The molecule has 19 heavy (non-hydrogen) atoms. The van der Waals surface area contributed by atoms with E-state index in [0.29, 0.717) is 0 Å². The molecule has 3 nitrogen and oxygen atoms in total. The van der Waals surface area contributed by atoms with E-state index < -0.39 is 0 Å². The maximum atomic E-state index is 5.94. The number of nitrogens with one attached hydrogen (secondary N) is 1. The molecule has 0 aliphatic carbocycles. The van der Waals surface area contributed by atoms with Gasteiger partial charge in [0.15, 0.2) is 5.16 Å². The zero-order valence-electron chi connectivity index (χ0n) is 10.7. The summed E-state index contributed by atoms with van der Waals surface area (Å²) < 4.78 is 0. The van der Waals surface area contributed by atoms with E-state index in [1.165, 1.54) is 5.56 Å². The molecule has 0 saturated heterocycles. The molecule has 4 heteroatoms. The van der Waals surface area contributed by atoms with Crippen LogP contribution in [0.3, 0.4) is 0 Å². The van der Waals surface area contributed by atoms with E-state index in [4.69, 9.17) is 5.73 Å². The van der Waals surface area contributed by atoms with Crippen molar-refractivity contribution in [3.63, 3.8) is 0 Å². The van der Waals surface area contributed by atoms with Gasteiger partial charge in [0.25, 0.3) is 0 Å². The zero-order chi connectivity index (χ0) is 13.2. The highest BCUT2D eigenvalue weighted by Crippen LogP contribution is 2.26. The van der Waals surface area contributed by atoms with Crippen molar-refractivity contribution in [3.8, 4) is 0 Å². The van der Waals surface area contributed by atoms with E-state index in [0.717, 1.165) is 33.2 Å². The van der Waals surface area contributed by atoms with Gasteiger partial charge in [0.2, 0.25) is 0 Å². The standard InChI is InChI=1S/C15H15N3S/c1-10-5-4-8-13-14(10)18-15(17-13)19-9-11-6-2-3-7-12(11)16/h2-8H,9,16H2,1H3,(H,17,18). The molecule has 2 aromatic carbocycles. The van der Waals surface area contributed by atoms with Crippen LogP contribution in [0.5, 0.6) is 0 Å². The molecule has 0 atom stereocenters. The quantitative estimate of drug-likeness (QED) is 0.562. The Balaban J connectivity index is 1.83. The Hall–Kier alpha value is -1.94. The van der Waals surface area contributed by atoms with Gasteiger partial charge in [0, 0.05) is 11.4 Å². The minimum atomic E-state index is 0.825. The zero-order valence-corrected chi connectivity index (χ0v) is 11.5. The molecule has 1 aromatic heterocycles. The average Bonchev–Trinajstić information content (AvgIpc) is 2.82. The van der Waals surface area contributed by atoms with Crippen LogP contribution in [0.2, 0.25) is 0 Å². The second-order valence-corrected chi connectivity index (χ2v) is 5.46. The number of fused-ring (bicyclic) bond motifs is 1. The van der Waals surface area contributed by atoms with E-state index in [-0.39, 0.29) is 0 Å². The Morgan fingerprint density at radius 2 is 2.00 bits per heavy atom. The second-order valence-electron chi connectivity index (χ2n) is 4.50. The van der Waals surface area contributed by atoms with Gasteiger partial charge in [-0.25, -0.2) is 4.98 Å². The fourth-order valence-electron chi connectivity index (χ4n) is 2.03. The number of imidazole rings is 1. The van der Waals surface area contributed by atoms with Gasteiger partial charge in [0.1, 0.15) is 0 Å². The molecule has 0 aliphatic heterocycles. The molecule has 0 radical (unpaired) electrons. The number of anilines is 1. The van der Waals surface area contributed by atoms with E-state index in [9.17, 15) is 0 Å². The van der Waals surface area contributed by atoms with Gasteiger partial charge in [-0.1, -0.05) is 42.1 Å². The summed E-state index contributed by atoms with van der Waals surface area (Å²) in [4.78, 5) is 7.96. The van der Waals surface area contributed by atoms with Gasteiger partial charge < -0.3 is 10.7 Å². The molecule has 1 heterocycles. The number of rotatable bonds is 3. The van der Waals surface area contributed by atoms with E-state index in [1.54, 1.807) is 11.8 Å².